The van der Waals surface area contributed by atoms with Gasteiger partial charge in [0.2, 0.25) is 0 Å². The van der Waals surface area contributed by atoms with Gasteiger partial charge in [0.15, 0.2) is 0 Å². The number of alkyl halides is 3. The van der Waals surface area contributed by atoms with E-state index < -0.39 is 17.9 Å². The second kappa shape index (κ2) is 8.65. The Morgan fingerprint density at radius 2 is 1.70 bits per heavy atom. The highest BCUT2D eigenvalue weighted by atomic mass is 19.4. The Bertz CT molecular complexity index is 897. The largest absolute Gasteiger partial charge is 0.416 e. The molecule has 160 valence electrons. The summed E-state index contributed by atoms with van der Waals surface area (Å²) in [4.78, 5) is 17.0. The van der Waals surface area contributed by atoms with Crippen LogP contribution in [0.25, 0.3) is 0 Å². The third-order valence-electron chi connectivity index (χ3n) is 5.56. The fourth-order valence-electron chi connectivity index (χ4n) is 4.05. The number of nitrogens with one attached hydrogen (secondary N) is 1. The SMILES string of the molecule is O=C1c2ccccc2N[C@H](c2ccccc2C(F)(F)F)N1CCCN1CCOCC1. The van der Waals surface area contributed by atoms with Gasteiger partial charge in [-0.3, -0.25) is 9.69 Å². The Morgan fingerprint density at radius 1 is 1.00 bits per heavy atom. The molecule has 5 nitrogen and oxygen atoms in total. The monoisotopic (exact) mass is 419 g/mol. The minimum Gasteiger partial charge on any atom is -0.379 e. The van der Waals surface area contributed by atoms with Crippen molar-refractivity contribution in [1.82, 2.24) is 9.80 Å². The van der Waals surface area contributed by atoms with Crippen LogP contribution < -0.4 is 5.32 Å². The van der Waals surface area contributed by atoms with Gasteiger partial charge in [0.05, 0.1) is 24.3 Å². The number of fused-ring (bicyclic) bond motifs is 1. The fourth-order valence-corrected chi connectivity index (χ4v) is 4.05. The molecular weight excluding hydrogens is 395 g/mol. The number of carbonyl (C=O) groups is 1. The van der Waals surface area contributed by atoms with Gasteiger partial charge in [-0.25, -0.2) is 0 Å². The Labute approximate surface area is 173 Å². The summed E-state index contributed by atoms with van der Waals surface area (Å²) in [7, 11) is 0. The number of ether oxygens (including phenoxy) is 1. The van der Waals surface area contributed by atoms with Gasteiger partial charge in [-0.2, -0.15) is 13.2 Å². The topological polar surface area (TPSA) is 44.8 Å². The lowest BCUT2D eigenvalue weighted by Gasteiger charge is -2.39. The summed E-state index contributed by atoms with van der Waals surface area (Å²) in [6.45, 7) is 4.14. The van der Waals surface area contributed by atoms with Crippen molar-refractivity contribution in [3.05, 3.63) is 65.2 Å². The van der Waals surface area contributed by atoms with Crippen LogP contribution in [0.1, 0.15) is 34.1 Å². The van der Waals surface area contributed by atoms with Crippen molar-refractivity contribution in [2.24, 2.45) is 0 Å². The van der Waals surface area contributed by atoms with Gasteiger partial charge in [-0.1, -0.05) is 30.3 Å². The number of carbonyl (C=O) groups excluding carboxylic acids is 1. The quantitative estimate of drug-likeness (QED) is 0.796. The van der Waals surface area contributed by atoms with Crippen LogP contribution in [-0.4, -0.2) is 55.1 Å². The van der Waals surface area contributed by atoms with E-state index in [2.05, 4.69) is 10.2 Å². The third kappa shape index (κ3) is 4.29. The number of rotatable bonds is 5. The minimum atomic E-state index is -4.50. The smallest absolute Gasteiger partial charge is 0.379 e. The molecule has 0 radical (unpaired) electrons. The molecule has 1 N–H and O–H groups in total. The number of hydrogen-bond donors (Lipinski definition) is 1. The van der Waals surface area contributed by atoms with E-state index in [0.29, 0.717) is 37.4 Å². The van der Waals surface area contributed by atoms with E-state index in [9.17, 15) is 18.0 Å². The molecule has 2 aromatic rings. The van der Waals surface area contributed by atoms with Crippen LogP contribution in [0.4, 0.5) is 18.9 Å². The normalized spacial score (nSPS) is 20.0. The molecule has 1 saturated heterocycles. The number of amides is 1. The summed E-state index contributed by atoms with van der Waals surface area (Å²) >= 11 is 0. The van der Waals surface area contributed by atoms with E-state index in [1.54, 1.807) is 30.3 Å². The maximum absolute atomic E-state index is 13.7. The molecule has 2 heterocycles. The first-order valence-corrected chi connectivity index (χ1v) is 10.1. The van der Waals surface area contributed by atoms with Crippen molar-refractivity contribution in [2.75, 3.05) is 44.7 Å². The van der Waals surface area contributed by atoms with Crippen molar-refractivity contribution < 1.29 is 22.7 Å². The average molecular weight is 419 g/mol. The number of anilines is 1. The predicted octanol–water partition coefficient (Wildman–Crippen LogP) is 3.99. The summed E-state index contributed by atoms with van der Waals surface area (Å²) in [5.41, 5.74) is 0.352. The van der Waals surface area contributed by atoms with Crippen LogP contribution in [0.5, 0.6) is 0 Å². The number of halogens is 3. The maximum Gasteiger partial charge on any atom is 0.416 e. The van der Waals surface area contributed by atoms with Crippen LogP contribution in [0, 0.1) is 0 Å². The molecule has 0 unspecified atom stereocenters. The van der Waals surface area contributed by atoms with E-state index >= 15 is 0 Å². The second-order valence-electron chi connectivity index (χ2n) is 7.48. The summed E-state index contributed by atoms with van der Waals surface area (Å²) in [5, 5.41) is 3.17. The summed E-state index contributed by atoms with van der Waals surface area (Å²) < 4.78 is 46.4. The first kappa shape index (κ1) is 20.7. The summed E-state index contributed by atoms with van der Waals surface area (Å²) in [6.07, 6.45) is -4.71. The van der Waals surface area contributed by atoms with E-state index in [4.69, 9.17) is 4.74 Å². The number of nitrogens with zero attached hydrogens (tertiary/aromatic N) is 2. The van der Waals surface area contributed by atoms with Crippen molar-refractivity contribution in [3.63, 3.8) is 0 Å². The standard InChI is InChI=1S/C22H24F3N3O2/c23-22(24,25)18-8-3-1-6-16(18)20-26-19-9-4-2-7-17(19)21(29)28(20)11-5-10-27-12-14-30-15-13-27/h1-4,6-9,20,26H,5,10-15H2/t20-/m0/s1. The van der Waals surface area contributed by atoms with Crippen LogP contribution in [0.3, 0.4) is 0 Å². The minimum absolute atomic E-state index is 0.0548. The van der Waals surface area contributed by atoms with Crippen LogP contribution in [0.15, 0.2) is 48.5 Å². The van der Waals surface area contributed by atoms with Gasteiger partial charge < -0.3 is 15.0 Å². The molecule has 4 rings (SSSR count). The Morgan fingerprint density at radius 3 is 2.47 bits per heavy atom. The Balaban J connectivity index is 1.62. The first-order valence-electron chi connectivity index (χ1n) is 10.1. The van der Waals surface area contributed by atoms with Gasteiger partial charge in [-0.05, 0) is 24.6 Å². The second-order valence-corrected chi connectivity index (χ2v) is 7.48. The molecule has 1 fully saturated rings. The molecule has 0 spiro atoms. The number of hydrogen-bond acceptors (Lipinski definition) is 4. The zero-order valence-electron chi connectivity index (χ0n) is 16.5. The molecule has 8 heteroatoms. The molecule has 0 aromatic heterocycles. The Kier molecular flexibility index (Phi) is 5.97. The molecule has 30 heavy (non-hydrogen) atoms. The molecule has 0 saturated carbocycles. The highest BCUT2D eigenvalue weighted by Gasteiger charge is 2.39. The van der Waals surface area contributed by atoms with Gasteiger partial charge in [-0.15, -0.1) is 0 Å². The average Bonchev–Trinajstić information content (AvgIpc) is 2.75. The lowest BCUT2D eigenvalue weighted by atomic mass is 9.99. The molecule has 1 amide bonds. The molecule has 0 aliphatic carbocycles. The van der Waals surface area contributed by atoms with Gasteiger partial charge in [0.1, 0.15) is 6.17 Å². The third-order valence-corrected chi connectivity index (χ3v) is 5.56. The Hall–Kier alpha value is -2.58. The molecule has 0 bridgehead atoms. The zero-order valence-corrected chi connectivity index (χ0v) is 16.5. The summed E-state index contributed by atoms with van der Waals surface area (Å²) in [6, 6.07) is 12.4. The predicted molar refractivity (Wildman–Crippen MR) is 107 cm³/mol. The van der Waals surface area contributed by atoms with Crippen LogP contribution in [0.2, 0.25) is 0 Å². The van der Waals surface area contributed by atoms with Gasteiger partial charge >= 0.3 is 6.18 Å². The molecule has 1 atom stereocenters. The summed E-state index contributed by atoms with van der Waals surface area (Å²) in [5.74, 6) is -0.256. The van der Waals surface area contributed by atoms with E-state index in [-0.39, 0.29) is 11.5 Å². The number of morpholine rings is 1. The van der Waals surface area contributed by atoms with Crippen LogP contribution >= 0.6 is 0 Å². The zero-order chi connectivity index (χ0) is 21.1. The van der Waals surface area contributed by atoms with E-state index in [1.807, 2.05) is 0 Å². The van der Waals surface area contributed by atoms with Gasteiger partial charge in [0.25, 0.3) is 5.91 Å². The van der Waals surface area contributed by atoms with E-state index in [1.165, 1.54) is 17.0 Å². The van der Waals surface area contributed by atoms with Crippen molar-refractivity contribution in [2.45, 2.75) is 18.8 Å². The molecular formula is C22H24F3N3O2. The van der Waals surface area contributed by atoms with Crippen molar-refractivity contribution in [1.29, 1.82) is 0 Å². The first-order chi connectivity index (χ1) is 14.4. The lowest BCUT2D eigenvalue weighted by Crippen LogP contribution is -2.45. The molecule has 2 aliphatic heterocycles. The molecule has 2 aromatic carbocycles. The van der Waals surface area contributed by atoms with E-state index in [0.717, 1.165) is 25.7 Å². The highest BCUT2D eigenvalue weighted by Crippen LogP contribution is 2.39. The van der Waals surface area contributed by atoms with Crippen LogP contribution in [-0.2, 0) is 10.9 Å². The van der Waals surface area contributed by atoms with Gasteiger partial charge in [0, 0.05) is 37.4 Å². The fraction of sp³-hybridized carbons (Fsp3) is 0.409. The molecule has 2 aliphatic rings. The lowest BCUT2D eigenvalue weighted by molar-refractivity contribution is -0.138. The number of benzene rings is 2. The maximum atomic E-state index is 13.7. The van der Waals surface area contributed by atoms with Crippen molar-refractivity contribution >= 4 is 11.6 Å². The highest BCUT2D eigenvalue weighted by molar-refractivity contribution is 6.01. The number of para-hydroxylation sites is 1. The van der Waals surface area contributed by atoms with Crippen molar-refractivity contribution in [3.8, 4) is 0 Å².